The lowest BCUT2D eigenvalue weighted by Crippen LogP contribution is -2.42. The number of amides is 2. The Morgan fingerprint density at radius 1 is 1.46 bits per heavy atom. The predicted octanol–water partition coefficient (Wildman–Crippen LogP) is 1.46. The molecule has 0 spiro atoms. The summed E-state index contributed by atoms with van der Waals surface area (Å²) in [7, 11) is 5.85. The molecule has 128 valence electrons. The quantitative estimate of drug-likeness (QED) is 0.871. The molecule has 2 N–H and O–H groups in total. The minimum absolute atomic E-state index is 0.0663. The second-order valence-electron chi connectivity index (χ2n) is 6.18. The smallest absolute Gasteiger partial charge is 0.315 e. The third-order valence-corrected chi connectivity index (χ3v) is 4.19. The number of carbonyl (C=O) groups excluding carboxylic acids is 1. The fourth-order valence-corrected chi connectivity index (χ4v) is 2.89. The van der Waals surface area contributed by atoms with Crippen LogP contribution in [0.25, 0.3) is 0 Å². The molecule has 2 aromatic rings. The van der Waals surface area contributed by atoms with E-state index in [0.717, 1.165) is 16.9 Å². The van der Waals surface area contributed by atoms with Crippen molar-refractivity contribution in [2.45, 2.75) is 12.1 Å². The first-order valence-corrected chi connectivity index (χ1v) is 7.95. The molecule has 0 saturated carbocycles. The van der Waals surface area contributed by atoms with Crippen LogP contribution in [-0.4, -0.2) is 48.0 Å². The number of hydrogen-bond donors (Lipinski definition) is 2. The number of urea groups is 1. The molecular weight excluding hydrogens is 306 g/mol. The first-order chi connectivity index (χ1) is 11.5. The van der Waals surface area contributed by atoms with Gasteiger partial charge in [-0.3, -0.25) is 4.68 Å². The largest absolute Gasteiger partial charge is 0.491 e. The summed E-state index contributed by atoms with van der Waals surface area (Å²) < 4.78 is 7.35. The summed E-state index contributed by atoms with van der Waals surface area (Å²) in [6.07, 6.45) is 3.79. The Bertz CT molecular complexity index is 713. The van der Waals surface area contributed by atoms with Crippen LogP contribution >= 0.6 is 0 Å². The van der Waals surface area contributed by atoms with Crippen molar-refractivity contribution in [3.63, 3.8) is 0 Å². The second kappa shape index (κ2) is 6.92. The van der Waals surface area contributed by atoms with Gasteiger partial charge in [-0.15, -0.1) is 0 Å². The Kier molecular flexibility index (Phi) is 4.71. The highest BCUT2D eigenvalue weighted by molar-refractivity contribution is 5.74. The van der Waals surface area contributed by atoms with E-state index in [1.54, 1.807) is 4.68 Å². The zero-order valence-corrected chi connectivity index (χ0v) is 14.2. The molecule has 0 fully saturated rings. The Morgan fingerprint density at radius 3 is 2.96 bits per heavy atom. The van der Waals surface area contributed by atoms with Crippen LogP contribution in [-0.2, 0) is 7.05 Å². The fourth-order valence-electron chi connectivity index (χ4n) is 2.89. The van der Waals surface area contributed by atoms with Crippen molar-refractivity contribution in [3.05, 3.63) is 47.8 Å². The molecule has 1 aromatic carbocycles. The van der Waals surface area contributed by atoms with E-state index in [0.29, 0.717) is 13.2 Å². The third-order valence-electron chi connectivity index (χ3n) is 4.19. The van der Waals surface area contributed by atoms with Crippen LogP contribution in [0.3, 0.4) is 0 Å². The van der Waals surface area contributed by atoms with E-state index < -0.39 is 0 Å². The summed E-state index contributed by atoms with van der Waals surface area (Å²) >= 11 is 0. The van der Waals surface area contributed by atoms with Gasteiger partial charge in [-0.05, 0) is 20.2 Å². The topological polar surface area (TPSA) is 71.4 Å². The summed E-state index contributed by atoms with van der Waals surface area (Å²) in [5.41, 5.74) is 2.08. The van der Waals surface area contributed by atoms with Gasteiger partial charge in [0.05, 0.1) is 18.3 Å². The first kappa shape index (κ1) is 16.3. The van der Waals surface area contributed by atoms with Crippen LogP contribution in [0, 0.1) is 0 Å². The van der Waals surface area contributed by atoms with E-state index in [9.17, 15) is 4.79 Å². The van der Waals surface area contributed by atoms with Crippen LogP contribution in [0.4, 0.5) is 4.79 Å². The maximum Gasteiger partial charge on any atom is 0.315 e. The van der Waals surface area contributed by atoms with Gasteiger partial charge in [0.25, 0.3) is 0 Å². The molecule has 7 nitrogen and oxygen atoms in total. The van der Waals surface area contributed by atoms with Crippen LogP contribution in [0.15, 0.2) is 36.7 Å². The number of nitrogens with one attached hydrogen (secondary N) is 2. The molecule has 3 rings (SSSR count). The van der Waals surface area contributed by atoms with Crippen LogP contribution in [0.2, 0.25) is 0 Å². The zero-order valence-electron chi connectivity index (χ0n) is 14.2. The Labute approximate surface area is 141 Å². The van der Waals surface area contributed by atoms with Gasteiger partial charge >= 0.3 is 6.03 Å². The summed E-state index contributed by atoms with van der Waals surface area (Å²) in [5.74, 6) is 0.837. The van der Waals surface area contributed by atoms with E-state index in [1.807, 2.05) is 57.8 Å². The number of benzene rings is 1. The number of carbonyl (C=O) groups is 1. The molecular formula is C17H23N5O2. The van der Waals surface area contributed by atoms with E-state index in [1.165, 1.54) is 0 Å². The highest BCUT2D eigenvalue weighted by Gasteiger charge is 2.25. The van der Waals surface area contributed by atoms with Crippen molar-refractivity contribution < 1.29 is 9.53 Å². The number of ether oxygens (including phenoxy) is 1. The van der Waals surface area contributed by atoms with Crippen molar-refractivity contribution >= 4 is 6.03 Å². The zero-order chi connectivity index (χ0) is 17.1. The van der Waals surface area contributed by atoms with Gasteiger partial charge in [-0.1, -0.05) is 18.2 Å². The summed E-state index contributed by atoms with van der Waals surface area (Å²) in [6, 6.07) is 7.52. The third kappa shape index (κ3) is 3.51. The maximum absolute atomic E-state index is 12.3. The van der Waals surface area contributed by atoms with Crippen LogP contribution in [0.1, 0.15) is 23.2 Å². The number of aryl methyl sites for hydroxylation is 1. The molecule has 0 bridgehead atoms. The SMILES string of the molecule is CN(C)[C@H](CNC(=O)N[C@H]1COc2ccccc21)c1cnn(C)c1. The molecule has 0 aliphatic carbocycles. The number of rotatable bonds is 5. The fraction of sp³-hybridized carbons (Fsp3) is 0.412. The van der Waals surface area contributed by atoms with Crippen molar-refractivity contribution in [2.24, 2.45) is 7.05 Å². The molecule has 24 heavy (non-hydrogen) atoms. The van der Waals surface area contributed by atoms with Crippen LogP contribution < -0.4 is 15.4 Å². The lowest BCUT2D eigenvalue weighted by atomic mass is 10.1. The summed E-state index contributed by atoms with van der Waals surface area (Å²) in [5, 5.41) is 10.1. The average molecular weight is 329 g/mol. The number of fused-ring (bicyclic) bond motifs is 1. The molecule has 0 radical (unpaired) electrons. The van der Waals surface area contributed by atoms with Gasteiger partial charge in [0.2, 0.25) is 0 Å². The van der Waals surface area contributed by atoms with Gasteiger partial charge in [0.1, 0.15) is 12.4 Å². The highest BCUT2D eigenvalue weighted by atomic mass is 16.5. The lowest BCUT2D eigenvalue weighted by Gasteiger charge is -2.24. The molecule has 1 aromatic heterocycles. The number of likely N-dealkylation sites (N-methyl/N-ethyl adjacent to an activating group) is 1. The minimum Gasteiger partial charge on any atom is -0.491 e. The number of nitrogens with zero attached hydrogens (tertiary/aromatic N) is 3. The molecule has 1 aliphatic rings. The van der Waals surface area contributed by atoms with Crippen molar-refractivity contribution in [1.82, 2.24) is 25.3 Å². The maximum atomic E-state index is 12.3. The normalized spacial score (nSPS) is 17.2. The van der Waals surface area contributed by atoms with Crippen molar-refractivity contribution in [1.29, 1.82) is 0 Å². The van der Waals surface area contributed by atoms with Gasteiger partial charge in [-0.25, -0.2) is 4.79 Å². The van der Waals surface area contributed by atoms with Gasteiger partial charge < -0.3 is 20.3 Å². The summed E-state index contributed by atoms with van der Waals surface area (Å²) in [6.45, 7) is 0.965. The molecule has 2 amide bonds. The Morgan fingerprint density at radius 2 is 2.25 bits per heavy atom. The van der Waals surface area contributed by atoms with E-state index in [-0.39, 0.29) is 18.1 Å². The predicted molar refractivity (Wildman–Crippen MR) is 90.8 cm³/mol. The highest BCUT2D eigenvalue weighted by Crippen LogP contribution is 2.31. The van der Waals surface area contributed by atoms with Gasteiger partial charge in [-0.2, -0.15) is 5.10 Å². The first-order valence-electron chi connectivity index (χ1n) is 7.95. The Balaban J connectivity index is 1.57. The lowest BCUT2D eigenvalue weighted by molar-refractivity contribution is 0.225. The van der Waals surface area contributed by atoms with E-state index in [2.05, 4.69) is 20.6 Å². The Hall–Kier alpha value is -2.54. The second-order valence-corrected chi connectivity index (χ2v) is 6.18. The van der Waals surface area contributed by atoms with E-state index in [4.69, 9.17) is 4.74 Å². The van der Waals surface area contributed by atoms with Crippen molar-refractivity contribution in [3.8, 4) is 5.75 Å². The standard InChI is InChI=1S/C17H23N5O2/c1-21(2)15(12-8-19-22(3)10-12)9-18-17(23)20-14-11-24-16-7-5-4-6-13(14)16/h4-8,10,14-15H,9,11H2,1-3H3,(H2,18,20,23)/t14-,15+/m0/s1. The number of para-hydroxylation sites is 1. The molecule has 1 aliphatic heterocycles. The number of aromatic nitrogens is 2. The van der Waals surface area contributed by atoms with Gasteiger partial charge in [0.15, 0.2) is 0 Å². The van der Waals surface area contributed by atoms with Crippen molar-refractivity contribution in [2.75, 3.05) is 27.2 Å². The van der Waals surface area contributed by atoms with Crippen LogP contribution in [0.5, 0.6) is 5.75 Å². The molecule has 0 saturated heterocycles. The number of hydrogen-bond acceptors (Lipinski definition) is 4. The average Bonchev–Trinajstić information content (AvgIpc) is 3.14. The monoisotopic (exact) mass is 329 g/mol. The molecule has 0 unspecified atom stereocenters. The van der Waals surface area contributed by atoms with Gasteiger partial charge in [0, 0.05) is 30.9 Å². The molecule has 2 atom stereocenters. The minimum atomic E-state index is -0.198. The molecule has 2 heterocycles. The summed E-state index contributed by atoms with van der Waals surface area (Å²) in [4.78, 5) is 14.3. The molecule has 7 heteroatoms. The van der Waals surface area contributed by atoms with E-state index >= 15 is 0 Å².